The lowest BCUT2D eigenvalue weighted by molar-refractivity contribution is 0.375. The molecule has 7 nitrogen and oxygen atoms in total. The highest BCUT2D eigenvalue weighted by atomic mass is 32.2. The highest BCUT2D eigenvalue weighted by Gasteiger charge is 2.36. The highest BCUT2D eigenvalue weighted by Crippen LogP contribution is 2.37. The SMILES string of the molecule is COc1cccc(-c2nn(-c3ccccc3)cc2C2=NN(S(C)(=O)=O)C(c3ccccc3)C2)c1. The van der Waals surface area contributed by atoms with Gasteiger partial charge in [0.25, 0.3) is 0 Å². The molecule has 0 saturated heterocycles. The van der Waals surface area contributed by atoms with Crippen LogP contribution in [0.2, 0.25) is 0 Å². The van der Waals surface area contributed by atoms with Gasteiger partial charge in [-0.15, -0.1) is 0 Å². The largest absolute Gasteiger partial charge is 0.497 e. The minimum atomic E-state index is -3.58. The molecule has 8 heteroatoms. The van der Waals surface area contributed by atoms with Crippen LogP contribution >= 0.6 is 0 Å². The smallest absolute Gasteiger partial charge is 0.247 e. The summed E-state index contributed by atoms with van der Waals surface area (Å²) in [6.45, 7) is 0. The van der Waals surface area contributed by atoms with Gasteiger partial charge in [-0.1, -0.05) is 60.7 Å². The average Bonchev–Trinajstić information content (AvgIpc) is 3.50. The van der Waals surface area contributed by atoms with Gasteiger partial charge in [0.1, 0.15) is 11.4 Å². The highest BCUT2D eigenvalue weighted by molar-refractivity contribution is 7.88. The molecule has 1 aliphatic rings. The van der Waals surface area contributed by atoms with Crippen LogP contribution < -0.4 is 4.74 Å². The fourth-order valence-electron chi connectivity index (χ4n) is 4.16. The quantitative estimate of drug-likeness (QED) is 0.409. The van der Waals surface area contributed by atoms with E-state index >= 15 is 0 Å². The summed E-state index contributed by atoms with van der Waals surface area (Å²) >= 11 is 0. The van der Waals surface area contributed by atoms with Gasteiger partial charge in [0.2, 0.25) is 10.0 Å². The molecule has 0 spiro atoms. The Morgan fingerprint density at radius 3 is 2.32 bits per heavy atom. The molecule has 0 amide bonds. The van der Waals surface area contributed by atoms with Crippen LogP contribution in [0.25, 0.3) is 16.9 Å². The molecule has 0 N–H and O–H groups in total. The summed E-state index contributed by atoms with van der Waals surface area (Å²) in [7, 11) is -1.95. The summed E-state index contributed by atoms with van der Waals surface area (Å²) in [6.07, 6.45) is 3.54. The molecule has 34 heavy (non-hydrogen) atoms. The lowest BCUT2D eigenvalue weighted by Crippen LogP contribution is -2.25. The van der Waals surface area contributed by atoms with E-state index in [2.05, 4.69) is 5.10 Å². The van der Waals surface area contributed by atoms with Gasteiger partial charge in [0.15, 0.2) is 0 Å². The first-order chi connectivity index (χ1) is 16.4. The van der Waals surface area contributed by atoms with Gasteiger partial charge in [0, 0.05) is 23.7 Å². The third kappa shape index (κ3) is 4.20. The predicted molar refractivity (Wildman–Crippen MR) is 133 cm³/mol. The number of nitrogens with zero attached hydrogens (tertiary/aromatic N) is 4. The van der Waals surface area contributed by atoms with Crippen LogP contribution in [-0.2, 0) is 10.0 Å². The maximum atomic E-state index is 12.6. The number of aromatic nitrogens is 2. The van der Waals surface area contributed by atoms with Crippen LogP contribution in [0.3, 0.4) is 0 Å². The molecule has 172 valence electrons. The van der Waals surface area contributed by atoms with E-state index in [0.29, 0.717) is 23.6 Å². The Hall–Kier alpha value is -3.91. The average molecular weight is 473 g/mol. The summed E-state index contributed by atoms with van der Waals surface area (Å²) < 4.78 is 33.7. The zero-order chi connectivity index (χ0) is 23.7. The second kappa shape index (κ2) is 8.79. The van der Waals surface area contributed by atoms with Crippen molar-refractivity contribution in [2.45, 2.75) is 12.5 Å². The third-order valence-corrected chi connectivity index (χ3v) is 6.80. The fraction of sp³-hybridized carbons (Fsp3) is 0.154. The third-order valence-electron chi connectivity index (χ3n) is 5.79. The number of sulfonamides is 1. The monoisotopic (exact) mass is 472 g/mol. The summed E-state index contributed by atoms with van der Waals surface area (Å²) in [5, 5.41) is 9.47. The Balaban J connectivity index is 1.65. The van der Waals surface area contributed by atoms with E-state index < -0.39 is 16.1 Å². The van der Waals surface area contributed by atoms with E-state index in [0.717, 1.165) is 22.4 Å². The number of hydrazone groups is 1. The van der Waals surface area contributed by atoms with Gasteiger partial charge in [-0.3, -0.25) is 0 Å². The van der Waals surface area contributed by atoms with Gasteiger partial charge in [-0.05, 0) is 29.8 Å². The lowest BCUT2D eigenvalue weighted by Gasteiger charge is -2.21. The molecule has 1 aliphatic heterocycles. The Bertz CT molecular complexity index is 1450. The van der Waals surface area contributed by atoms with Crippen LogP contribution in [0.5, 0.6) is 5.75 Å². The maximum absolute atomic E-state index is 12.6. The molecule has 0 bridgehead atoms. The Morgan fingerprint density at radius 2 is 1.65 bits per heavy atom. The molecule has 1 aromatic heterocycles. The molecule has 5 rings (SSSR count). The van der Waals surface area contributed by atoms with Crippen molar-refractivity contribution in [2.75, 3.05) is 13.4 Å². The van der Waals surface area contributed by atoms with Crippen LogP contribution in [0.4, 0.5) is 0 Å². The number of methoxy groups -OCH3 is 1. The van der Waals surface area contributed by atoms with Gasteiger partial charge in [-0.25, -0.2) is 13.1 Å². The number of ether oxygens (including phenoxy) is 1. The predicted octanol–water partition coefficient (Wildman–Crippen LogP) is 4.66. The number of para-hydroxylation sites is 1. The van der Waals surface area contributed by atoms with E-state index in [9.17, 15) is 8.42 Å². The fourth-order valence-corrected chi connectivity index (χ4v) is 5.07. The second-order valence-electron chi connectivity index (χ2n) is 8.12. The van der Waals surface area contributed by atoms with Crippen molar-refractivity contribution in [3.8, 4) is 22.7 Å². The van der Waals surface area contributed by atoms with Crippen LogP contribution in [-0.4, -0.2) is 41.7 Å². The van der Waals surface area contributed by atoms with Crippen molar-refractivity contribution in [1.82, 2.24) is 14.2 Å². The molecule has 0 aliphatic carbocycles. The van der Waals surface area contributed by atoms with Crippen LogP contribution in [0.1, 0.15) is 23.6 Å². The summed E-state index contributed by atoms with van der Waals surface area (Å²) in [5.41, 5.74) is 4.81. The minimum Gasteiger partial charge on any atom is -0.497 e. The lowest BCUT2D eigenvalue weighted by atomic mass is 9.97. The van der Waals surface area contributed by atoms with E-state index in [4.69, 9.17) is 9.84 Å². The van der Waals surface area contributed by atoms with Crippen molar-refractivity contribution >= 4 is 15.7 Å². The molecule has 2 heterocycles. The van der Waals surface area contributed by atoms with E-state index in [1.165, 1.54) is 10.7 Å². The van der Waals surface area contributed by atoms with Crippen molar-refractivity contribution < 1.29 is 13.2 Å². The van der Waals surface area contributed by atoms with Gasteiger partial charge in [-0.2, -0.15) is 14.6 Å². The zero-order valence-corrected chi connectivity index (χ0v) is 19.7. The van der Waals surface area contributed by atoms with E-state index in [1.807, 2.05) is 91.1 Å². The Morgan fingerprint density at radius 1 is 0.941 bits per heavy atom. The molecular formula is C26H24N4O3S. The summed E-state index contributed by atoms with van der Waals surface area (Å²) in [4.78, 5) is 0. The van der Waals surface area contributed by atoms with Crippen molar-refractivity contribution in [1.29, 1.82) is 0 Å². The van der Waals surface area contributed by atoms with Gasteiger partial charge in [0.05, 0.1) is 30.8 Å². The number of hydrogen-bond donors (Lipinski definition) is 0. The zero-order valence-electron chi connectivity index (χ0n) is 18.9. The standard InChI is InChI=1S/C26H24N4O3S/c1-33-22-15-9-12-20(16-22)26-23(18-29(28-26)21-13-7-4-8-14-21)24-17-25(19-10-5-3-6-11-19)30(27-24)34(2,31)32/h3-16,18,25H,17H2,1-2H3. The number of hydrogen-bond acceptors (Lipinski definition) is 5. The van der Waals surface area contributed by atoms with Crippen LogP contribution in [0.15, 0.2) is 96.2 Å². The van der Waals surface area contributed by atoms with Crippen molar-refractivity contribution in [3.63, 3.8) is 0 Å². The van der Waals surface area contributed by atoms with Crippen molar-refractivity contribution in [2.24, 2.45) is 5.10 Å². The minimum absolute atomic E-state index is 0.413. The topological polar surface area (TPSA) is 76.8 Å². The van der Waals surface area contributed by atoms with Gasteiger partial charge < -0.3 is 4.74 Å². The summed E-state index contributed by atoms with van der Waals surface area (Å²) in [6, 6.07) is 26.6. The first-order valence-electron chi connectivity index (χ1n) is 10.9. The molecule has 0 fully saturated rings. The number of rotatable bonds is 6. The van der Waals surface area contributed by atoms with E-state index in [-0.39, 0.29) is 0 Å². The first-order valence-corrected chi connectivity index (χ1v) is 12.7. The molecule has 1 atom stereocenters. The van der Waals surface area contributed by atoms with Gasteiger partial charge >= 0.3 is 0 Å². The molecular weight excluding hydrogens is 448 g/mol. The normalized spacial score (nSPS) is 15.9. The first kappa shape index (κ1) is 21.9. The molecule has 4 aromatic rings. The molecule has 3 aromatic carbocycles. The van der Waals surface area contributed by atoms with Crippen LogP contribution in [0, 0.1) is 0 Å². The molecule has 0 radical (unpaired) electrons. The number of benzene rings is 3. The second-order valence-corrected chi connectivity index (χ2v) is 9.96. The maximum Gasteiger partial charge on any atom is 0.247 e. The molecule has 0 saturated carbocycles. The molecule has 1 unspecified atom stereocenters. The summed E-state index contributed by atoms with van der Waals surface area (Å²) in [5.74, 6) is 0.714. The van der Waals surface area contributed by atoms with Crippen molar-refractivity contribution in [3.05, 3.63) is 102 Å². The van der Waals surface area contributed by atoms with E-state index in [1.54, 1.807) is 11.8 Å². The Labute approximate surface area is 199 Å². The Kier molecular flexibility index (Phi) is 5.67.